The van der Waals surface area contributed by atoms with Gasteiger partial charge in [-0.2, -0.15) is 26.3 Å². The zero-order valence-electron chi connectivity index (χ0n) is 21.2. The zero-order valence-corrected chi connectivity index (χ0v) is 21.2. The van der Waals surface area contributed by atoms with Crippen LogP contribution >= 0.6 is 0 Å². The molecule has 4 aromatic carbocycles. The van der Waals surface area contributed by atoms with E-state index in [0.717, 1.165) is 43.5 Å². The van der Waals surface area contributed by atoms with E-state index in [0.29, 0.717) is 17.7 Å². The summed E-state index contributed by atoms with van der Waals surface area (Å²) in [5.41, 5.74) is -4.95. The third kappa shape index (κ3) is 6.50. The van der Waals surface area contributed by atoms with Crippen molar-refractivity contribution in [3.05, 3.63) is 136 Å². The number of hydrogen-bond acceptors (Lipinski definition) is 2. The van der Waals surface area contributed by atoms with E-state index in [1.54, 1.807) is 30.3 Å². The molecule has 11 heteroatoms. The fourth-order valence-corrected chi connectivity index (χ4v) is 4.49. The van der Waals surface area contributed by atoms with Crippen LogP contribution in [0.5, 0.6) is 5.75 Å². The second-order valence-electron chi connectivity index (χ2n) is 9.18. The molecule has 1 N–H and O–H groups in total. The van der Waals surface area contributed by atoms with Gasteiger partial charge < -0.3 is 10.1 Å². The van der Waals surface area contributed by atoms with Gasteiger partial charge >= 0.3 is 12.4 Å². The third-order valence-corrected chi connectivity index (χ3v) is 6.45. The molecule has 0 aliphatic carbocycles. The van der Waals surface area contributed by atoms with Crippen LogP contribution in [0.4, 0.5) is 35.1 Å². The van der Waals surface area contributed by atoms with E-state index in [1.807, 2.05) is 0 Å². The first-order chi connectivity index (χ1) is 19.2. The highest BCUT2D eigenvalue weighted by Gasteiger charge is 2.41. The Balaban J connectivity index is 2.01. The molecule has 0 unspecified atom stereocenters. The summed E-state index contributed by atoms with van der Waals surface area (Å²) < 4.78 is 116. The average Bonchev–Trinajstić information content (AvgIpc) is 2.92. The van der Waals surface area contributed by atoms with E-state index in [2.05, 4.69) is 5.32 Å². The fourth-order valence-electron chi connectivity index (χ4n) is 4.49. The molecule has 0 bridgehead atoms. The molecular weight excluding hydrogens is 558 g/mol. The lowest BCUT2D eigenvalue weighted by atomic mass is 9.77. The Morgan fingerprint density at radius 1 is 0.707 bits per heavy atom. The number of rotatable bonds is 7. The maximum atomic E-state index is 14.8. The fraction of sp³-hybridized carbons (Fsp3) is 0.167. The van der Waals surface area contributed by atoms with Crippen molar-refractivity contribution in [3.8, 4) is 5.75 Å². The van der Waals surface area contributed by atoms with Gasteiger partial charge in [0.25, 0.3) is 5.91 Å². The molecule has 0 saturated carbocycles. The number of amides is 1. The summed E-state index contributed by atoms with van der Waals surface area (Å²) in [6.45, 7) is 0. The molecule has 4 rings (SSSR count). The lowest BCUT2D eigenvalue weighted by molar-refractivity contribution is -0.138. The van der Waals surface area contributed by atoms with E-state index >= 15 is 0 Å². The Morgan fingerprint density at radius 2 is 1.37 bits per heavy atom. The molecule has 0 spiro atoms. The summed E-state index contributed by atoms with van der Waals surface area (Å²) in [6, 6.07) is 16.5. The number of nitrogens with one attached hydrogen (secondary N) is 1. The van der Waals surface area contributed by atoms with Crippen molar-refractivity contribution in [1.29, 1.82) is 0 Å². The van der Waals surface area contributed by atoms with Gasteiger partial charge in [0.1, 0.15) is 5.82 Å². The van der Waals surface area contributed by atoms with Gasteiger partial charge in [0.2, 0.25) is 0 Å². The maximum Gasteiger partial charge on any atom is 0.416 e. The first-order valence-corrected chi connectivity index (χ1v) is 12.0. The number of benzene rings is 4. The number of hydrogen-bond donors (Lipinski definition) is 1. The highest BCUT2D eigenvalue weighted by molar-refractivity contribution is 5.95. The van der Waals surface area contributed by atoms with Crippen LogP contribution < -0.4 is 10.1 Å². The van der Waals surface area contributed by atoms with Crippen LogP contribution in [0, 0.1) is 11.6 Å². The quantitative estimate of drug-likeness (QED) is 0.226. The van der Waals surface area contributed by atoms with Crippen LogP contribution in [0.2, 0.25) is 0 Å². The van der Waals surface area contributed by atoms with E-state index < -0.39 is 52.1 Å². The van der Waals surface area contributed by atoms with Crippen LogP contribution in [0.15, 0.2) is 91.0 Å². The molecule has 0 saturated heterocycles. The van der Waals surface area contributed by atoms with Crippen molar-refractivity contribution >= 4 is 5.91 Å². The van der Waals surface area contributed by atoms with Gasteiger partial charge in [-0.25, -0.2) is 8.78 Å². The molecule has 214 valence electrons. The van der Waals surface area contributed by atoms with Crippen LogP contribution in [0.25, 0.3) is 0 Å². The van der Waals surface area contributed by atoms with E-state index in [1.165, 1.54) is 6.07 Å². The molecule has 0 heterocycles. The van der Waals surface area contributed by atoms with Crippen molar-refractivity contribution in [2.75, 3.05) is 7.11 Å². The van der Waals surface area contributed by atoms with Crippen molar-refractivity contribution in [1.82, 2.24) is 5.32 Å². The minimum Gasteiger partial charge on any atom is -0.494 e. The highest BCUT2D eigenvalue weighted by atomic mass is 19.4. The predicted molar refractivity (Wildman–Crippen MR) is 134 cm³/mol. The van der Waals surface area contributed by atoms with Gasteiger partial charge in [-0.1, -0.05) is 42.5 Å². The van der Waals surface area contributed by atoms with E-state index in [4.69, 9.17) is 4.74 Å². The summed E-state index contributed by atoms with van der Waals surface area (Å²) in [5, 5.41) is 2.56. The average molecular weight is 579 g/mol. The summed E-state index contributed by atoms with van der Waals surface area (Å²) in [6.07, 6.45) is -10.1. The molecule has 0 aliphatic heterocycles. The monoisotopic (exact) mass is 579 g/mol. The predicted octanol–water partition coefficient (Wildman–Crippen LogP) is 7.93. The molecule has 41 heavy (non-hydrogen) atoms. The van der Waals surface area contributed by atoms with Crippen LogP contribution in [-0.4, -0.2) is 13.0 Å². The molecule has 1 atom stereocenters. The van der Waals surface area contributed by atoms with Crippen LogP contribution in [0.3, 0.4) is 0 Å². The summed E-state index contributed by atoms with van der Waals surface area (Å²) in [7, 11) is 1.15. The van der Waals surface area contributed by atoms with Crippen molar-refractivity contribution < 1.29 is 44.7 Å². The number of carbonyl (C=O) groups excluding carboxylic acids is 1. The first-order valence-electron chi connectivity index (χ1n) is 12.0. The summed E-state index contributed by atoms with van der Waals surface area (Å²) >= 11 is 0. The minimum atomic E-state index is -4.99. The zero-order chi connectivity index (χ0) is 30.0. The topological polar surface area (TPSA) is 38.3 Å². The van der Waals surface area contributed by atoms with Gasteiger partial charge in [0.05, 0.1) is 23.8 Å². The van der Waals surface area contributed by atoms with Crippen molar-refractivity contribution in [3.63, 3.8) is 0 Å². The van der Waals surface area contributed by atoms with Gasteiger partial charge in [0.15, 0.2) is 11.6 Å². The standard InChI is InChI=1S/C30H21F8NO2/c1-41-26-16-20(10-11-25(26)32)28(17-18-6-3-2-4-7-18,22-13-23(30(36,37)38)15-24(31)14-22)39-27(40)19-8-5-9-21(12-19)29(33,34)35/h2-16H,17H2,1H3,(H,39,40)/t28-/m1/s1. The Labute approximate surface area is 229 Å². The molecule has 0 aliphatic rings. The number of carbonyl (C=O) groups is 1. The number of ether oxygens (including phenoxy) is 1. The summed E-state index contributed by atoms with van der Waals surface area (Å²) in [5.74, 6) is -3.55. The number of alkyl halides is 6. The van der Waals surface area contributed by atoms with E-state index in [-0.39, 0.29) is 29.4 Å². The first kappa shape index (κ1) is 29.6. The highest BCUT2D eigenvalue weighted by Crippen LogP contribution is 2.40. The lowest BCUT2D eigenvalue weighted by Crippen LogP contribution is -2.49. The molecule has 0 radical (unpaired) electrons. The minimum absolute atomic E-state index is 0.0151. The number of methoxy groups -OCH3 is 1. The Bertz CT molecular complexity index is 1550. The van der Waals surface area contributed by atoms with Crippen LogP contribution in [-0.2, 0) is 24.3 Å². The molecule has 1 amide bonds. The van der Waals surface area contributed by atoms with Crippen molar-refractivity contribution in [2.24, 2.45) is 0 Å². The van der Waals surface area contributed by atoms with E-state index in [9.17, 15) is 39.9 Å². The van der Waals surface area contributed by atoms with Crippen molar-refractivity contribution in [2.45, 2.75) is 24.3 Å². The third-order valence-electron chi connectivity index (χ3n) is 6.45. The molecule has 4 aromatic rings. The Hall–Kier alpha value is -4.41. The second kappa shape index (κ2) is 11.2. The molecule has 0 aromatic heterocycles. The van der Waals surface area contributed by atoms with Crippen LogP contribution in [0.1, 0.15) is 38.2 Å². The normalized spacial score (nSPS) is 13.4. The number of halogens is 8. The lowest BCUT2D eigenvalue weighted by Gasteiger charge is -2.37. The maximum absolute atomic E-state index is 14.8. The molecule has 0 fully saturated rings. The Kier molecular flexibility index (Phi) is 8.10. The molecule has 3 nitrogen and oxygen atoms in total. The van der Waals surface area contributed by atoms with Gasteiger partial charge in [-0.15, -0.1) is 0 Å². The van der Waals surface area contributed by atoms with Gasteiger partial charge in [-0.3, -0.25) is 4.79 Å². The smallest absolute Gasteiger partial charge is 0.416 e. The molecular formula is C30H21F8NO2. The second-order valence-corrected chi connectivity index (χ2v) is 9.18. The van der Waals surface area contributed by atoms with Gasteiger partial charge in [0, 0.05) is 12.0 Å². The Morgan fingerprint density at radius 3 is 2.00 bits per heavy atom. The largest absolute Gasteiger partial charge is 0.494 e. The van der Waals surface area contributed by atoms with Gasteiger partial charge in [-0.05, 0) is 65.2 Å². The summed E-state index contributed by atoms with van der Waals surface area (Å²) in [4.78, 5) is 13.6. The SMILES string of the molecule is COc1cc([C@@](Cc2ccccc2)(NC(=O)c2cccc(C(F)(F)F)c2)c2cc(F)cc(C(F)(F)F)c2)ccc1F.